The van der Waals surface area contributed by atoms with Crippen LogP contribution in [0, 0.1) is 13.8 Å². The minimum Gasteiger partial charge on any atom is -0.0651 e. The molecule has 0 atom stereocenters. The minimum atomic E-state index is 1.22. The van der Waals surface area contributed by atoms with Crippen LogP contribution in [0.25, 0.3) is 0 Å². The number of hydrogen-bond donors (Lipinski definition) is 0. The van der Waals surface area contributed by atoms with Crippen molar-refractivity contribution in [1.29, 1.82) is 0 Å². The molecule has 0 heteroatoms. The Morgan fingerprint density at radius 2 is 1.64 bits per heavy atom. The lowest BCUT2D eigenvalue weighted by Crippen LogP contribution is -1.91. The van der Waals surface area contributed by atoms with Gasteiger partial charge in [-0.1, -0.05) is 31.5 Å². The lowest BCUT2D eigenvalue weighted by molar-refractivity contribution is 0.903. The normalized spacial score (nSPS) is 10.1. The summed E-state index contributed by atoms with van der Waals surface area (Å²) in [6.07, 6.45) is 2.46. The van der Waals surface area contributed by atoms with Crippen molar-refractivity contribution < 1.29 is 0 Å². The van der Waals surface area contributed by atoms with Gasteiger partial charge in [-0.2, -0.15) is 0 Å². The van der Waals surface area contributed by atoms with E-state index in [1.165, 1.54) is 29.5 Å². The summed E-state index contributed by atoms with van der Waals surface area (Å²) in [5.41, 5.74) is 4.41. The van der Waals surface area contributed by atoms with Gasteiger partial charge in [0.2, 0.25) is 0 Å². The van der Waals surface area contributed by atoms with E-state index in [0.717, 1.165) is 0 Å². The molecule has 1 aromatic rings. The highest BCUT2D eigenvalue weighted by Crippen LogP contribution is 2.14. The molecule has 1 aromatic carbocycles. The maximum atomic E-state index is 2.23. The number of aryl methyl sites for hydroxylation is 2. The molecule has 0 bridgehead atoms. The fourth-order valence-electron chi connectivity index (χ4n) is 1.49. The maximum absolute atomic E-state index is 2.23. The number of rotatable bonds is 2. The van der Waals surface area contributed by atoms with Crippen LogP contribution in [0.3, 0.4) is 0 Å². The van der Waals surface area contributed by atoms with Crippen molar-refractivity contribution in [3.05, 3.63) is 34.9 Å². The monoisotopic (exact) mass is 148 g/mol. The summed E-state index contributed by atoms with van der Waals surface area (Å²) in [5, 5.41) is 0. The molecule has 0 saturated carbocycles. The molecule has 0 N–H and O–H groups in total. The predicted octanol–water partition coefficient (Wildman–Crippen LogP) is 3.26. The van der Waals surface area contributed by atoms with Gasteiger partial charge in [0.05, 0.1) is 0 Å². The third kappa shape index (κ3) is 1.83. The molecule has 0 fully saturated rings. The summed E-state index contributed by atoms with van der Waals surface area (Å²) in [6, 6.07) is 6.51. The van der Waals surface area contributed by atoms with E-state index in [4.69, 9.17) is 0 Å². The van der Waals surface area contributed by atoms with Crippen molar-refractivity contribution in [3.63, 3.8) is 0 Å². The predicted molar refractivity (Wildman–Crippen MR) is 49.9 cm³/mol. The van der Waals surface area contributed by atoms with Gasteiger partial charge in [0.15, 0.2) is 0 Å². The molecule has 0 aliphatic heterocycles. The lowest BCUT2D eigenvalue weighted by atomic mass is 9.99. The van der Waals surface area contributed by atoms with E-state index in [0.29, 0.717) is 0 Å². The van der Waals surface area contributed by atoms with E-state index in [-0.39, 0.29) is 0 Å². The largest absolute Gasteiger partial charge is 0.0651 e. The Bertz CT molecular complexity index is 216. The van der Waals surface area contributed by atoms with E-state index < -0.39 is 0 Å². The van der Waals surface area contributed by atoms with Gasteiger partial charge < -0.3 is 0 Å². The summed E-state index contributed by atoms with van der Waals surface area (Å²) in [7, 11) is 0. The van der Waals surface area contributed by atoms with Gasteiger partial charge in [-0.25, -0.2) is 0 Å². The second kappa shape index (κ2) is 3.56. The fraction of sp³-hybridized carbons (Fsp3) is 0.455. The van der Waals surface area contributed by atoms with Crippen molar-refractivity contribution in [3.8, 4) is 0 Å². The van der Waals surface area contributed by atoms with Gasteiger partial charge in [-0.05, 0) is 37.0 Å². The van der Waals surface area contributed by atoms with Crippen LogP contribution in [0.2, 0.25) is 0 Å². The van der Waals surface area contributed by atoms with Gasteiger partial charge in [-0.15, -0.1) is 0 Å². The van der Waals surface area contributed by atoms with Crippen molar-refractivity contribution in [2.24, 2.45) is 0 Å². The zero-order valence-corrected chi connectivity index (χ0v) is 7.65. The first-order valence-electron chi connectivity index (χ1n) is 4.30. The molecule has 0 aliphatic carbocycles. The summed E-state index contributed by atoms with van der Waals surface area (Å²) in [6.45, 7) is 6.61. The van der Waals surface area contributed by atoms with E-state index in [2.05, 4.69) is 39.0 Å². The Balaban J connectivity index is 3.00. The Labute approximate surface area is 69.3 Å². The smallest absolute Gasteiger partial charge is 0.0276 e. The standard InChI is InChI=1S/C11H16/c1-4-6-11-9(2)7-5-8-10(11)3/h5,7-8H,4,6H2,1-3H3. The van der Waals surface area contributed by atoms with Crippen LogP contribution >= 0.6 is 0 Å². The second-order valence-electron chi connectivity index (χ2n) is 3.12. The molecular formula is C11H16. The average molecular weight is 148 g/mol. The molecule has 60 valence electrons. The molecule has 0 nitrogen and oxygen atoms in total. The molecule has 0 saturated heterocycles. The first kappa shape index (κ1) is 8.32. The summed E-state index contributed by atoms with van der Waals surface area (Å²) >= 11 is 0. The Morgan fingerprint density at radius 3 is 2.09 bits per heavy atom. The van der Waals surface area contributed by atoms with Crippen molar-refractivity contribution in [1.82, 2.24) is 0 Å². The summed E-state index contributed by atoms with van der Waals surface area (Å²) < 4.78 is 0. The highest BCUT2D eigenvalue weighted by atomic mass is 14.0. The Morgan fingerprint density at radius 1 is 1.09 bits per heavy atom. The zero-order valence-electron chi connectivity index (χ0n) is 7.65. The minimum absolute atomic E-state index is 1.22. The fourth-order valence-corrected chi connectivity index (χ4v) is 1.49. The molecule has 0 spiro atoms. The summed E-state index contributed by atoms with van der Waals surface area (Å²) in [4.78, 5) is 0. The molecule has 11 heavy (non-hydrogen) atoms. The quantitative estimate of drug-likeness (QED) is 0.604. The van der Waals surface area contributed by atoms with E-state index >= 15 is 0 Å². The molecule has 1 rings (SSSR count). The third-order valence-electron chi connectivity index (χ3n) is 2.14. The van der Waals surface area contributed by atoms with Gasteiger partial charge in [-0.3, -0.25) is 0 Å². The summed E-state index contributed by atoms with van der Waals surface area (Å²) in [5.74, 6) is 0. The van der Waals surface area contributed by atoms with Crippen molar-refractivity contribution in [2.75, 3.05) is 0 Å². The van der Waals surface area contributed by atoms with Crippen LogP contribution in [0.4, 0.5) is 0 Å². The van der Waals surface area contributed by atoms with Crippen molar-refractivity contribution in [2.45, 2.75) is 33.6 Å². The first-order chi connectivity index (χ1) is 5.25. The molecular weight excluding hydrogens is 132 g/mol. The molecule has 0 unspecified atom stereocenters. The van der Waals surface area contributed by atoms with Crippen LogP contribution in [-0.2, 0) is 6.42 Å². The topological polar surface area (TPSA) is 0 Å². The van der Waals surface area contributed by atoms with E-state index in [9.17, 15) is 0 Å². The average Bonchev–Trinajstić information content (AvgIpc) is 1.97. The SMILES string of the molecule is CCCc1c(C)cccc1C. The molecule has 0 radical (unpaired) electrons. The highest BCUT2D eigenvalue weighted by molar-refractivity contribution is 5.33. The maximum Gasteiger partial charge on any atom is -0.0276 e. The van der Waals surface area contributed by atoms with E-state index in [1.54, 1.807) is 0 Å². The Hall–Kier alpha value is -0.780. The van der Waals surface area contributed by atoms with Crippen LogP contribution in [-0.4, -0.2) is 0 Å². The van der Waals surface area contributed by atoms with Crippen LogP contribution in [0.1, 0.15) is 30.0 Å². The highest BCUT2D eigenvalue weighted by Gasteiger charge is 1.98. The van der Waals surface area contributed by atoms with Crippen molar-refractivity contribution >= 4 is 0 Å². The van der Waals surface area contributed by atoms with Gasteiger partial charge in [0, 0.05) is 0 Å². The molecule has 0 aromatic heterocycles. The Kier molecular flexibility index (Phi) is 2.70. The number of hydrogen-bond acceptors (Lipinski definition) is 0. The molecule has 0 aliphatic rings. The van der Waals surface area contributed by atoms with Crippen LogP contribution in [0.15, 0.2) is 18.2 Å². The first-order valence-corrected chi connectivity index (χ1v) is 4.30. The molecule has 0 amide bonds. The third-order valence-corrected chi connectivity index (χ3v) is 2.14. The van der Waals surface area contributed by atoms with Crippen LogP contribution < -0.4 is 0 Å². The number of benzene rings is 1. The van der Waals surface area contributed by atoms with Gasteiger partial charge in [0.1, 0.15) is 0 Å². The zero-order chi connectivity index (χ0) is 8.27. The van der Waals surface area contributed by atoms with Gasteiger partial charge in [0.25, 0.3) is 0 Å². The van der Waals surface area contributed by atoms with Crippen LogP contribution in [0.5, 0.6) is 0 Å². The van der Waals surface area contributed by atoms with E-state index in [1.807, 2.05) is 0 Å². The molecule has 0 heterocycles. The lowest BCUT2D eigenvalue weighted by Gasteiger charge is -2.06. The second-order valence-corrected chi connectivity index (χ2v) is 3.12. The van der Waals surface area contributed by atoms with Gasteiger partial charge >= 0.3 is 0 Å².